The smallest absolute Gasteiger partial charge is 0.340 e. The number of hydrogen-bond acceptors (Lipinski definition) is 5. The monoisotopic (exact) mass is 413 g/mol. The van der Waals surface area contributed by atoms with Gasteiger partial charge in [-0.15, -0.1) is 0 Å². The van der Waals surface area contributed by atoms with Gasteiger partial charge in [-0.25, -0.2) is 9.59 Å². The SMILES string of the molecule is Cc1oc2c(C)c3oc(=O)c(CC(=O)N[C@@H](CC(C)C)C(=O)O)c(C)c3cc2c1C. The molecule has 0 saturated heterocycles. The fraction of sp³-hybridized carbons (Fsp3) is 0.435. The van der Waals surface area contributed by atoms with Crippen LogP contribution < -0.4 is 10.9 Å². The molecule has 0 unspecified atom stereocenters. The Balaban J connectivity index is 2.03. The Hall–Kier alpha value is -3.09. The number of carboxylic acids is 1. The molecule has 0 radical (unpaired) electrons. The molecular weight excluding hydrogens is 386 g/mol. The van der Waals surface area contributed by atoms with Crippen molar-refractivity contribution in [3.8, 4) is 0 Å². The molecule has 7 heteroatoms. The van der Waals surface area contributed by atoms with Gasteiger partial charge in [0.1, 0.15) is 23.0 Å². The van der Waals surface area contributed by atoms with Crippen molar-refractivity contribution in [3.63, 3.8) is 0 Å². The third kappa shape index (κ3) is 3.84. The number of carbonyl (C=O) groups excluding carboxylic acids is 1. The lowest BCUT2D eigenvalue weighted by Crippen LogP contribution is -2.42. The third-order valence-corrected chi connectivity index (χ3v) is 5.62. The summed E-state index contributed by atoms with van der Waals surface area (Å²) < 4.78 is 11.4. The molecule has 2 N–H and O–H groups in total. The van der Waals surface area contributed by atoms with E-state index < -0.39 is 23.5 Å². The van der Waals surface area contributed by atoms with Crippen molar-refractivity contribution in [1.29, 1.82) is 0 Å². The van der Waals surface area contributed by atoms with Gasteiger partial charge in [0.05, 0.1) is 12.0 Å². The molecule has 160 valence electrons. The lowest BCUT2D eigenvalue weighted by molar-refractivity contribution is -0.142. The van der Waals surface area contributed by atoms with Gasteiger partial charge in [0.15, 0.2) is 0 Å². The third-order valence-electron chi connectivity index (χ3n) is 5.62. The van der Waals surface area contributed by atoms with E-state index in [4.69, 9.17) is 8.83 Å². The van der Waals surface area contributed by atoms with E-state index >= 15 is 0 Å². The van der Waals surface area contributed by atoms with Gasteiger partial charge in [0.25, 0.3) is 0 Å². The molecule has 0 saturated carbocycles. The zero-order valence-corrected chi connectivity index (χ0v) is 18.1. The zero-order valence-electron chi connectivity index (χ0n) is 18.1. The first-order valence-electron chi connectivity index (χ1n) is 9.99. The van der Waals surface area contributed by atoms with Gasteiger partial charge in [0, 0.05) is 16.3 Å². The Morgan fingerprint density at radius 1 is 1.00 bits per heavy atom. The second-order valence-corrected chi connectivity index (χ2v) is 8.30. The number of nitrogens with one attached hydrogen (secondary N) is 1. The van der Waals surface area contributed by atoms with Crippen LogP contribution in [0, 0.1) is 33.6 Å². The molecule has 0 fully saturated rings. The number of amides is 1. The van der Waals surface area contributed by atoms with Gasteiger partial charge in [0.2, 0.25) is 5.91 Å². The number of carbonyl (C=O) groups is 2. The van der Waals surface area contributed by atoms with Crippen molar-refractivity contribution < 1.29 is 23.5 Å². The molecule has 30 heavy (non-hydrogen) atoms. The topological polar surface area (TPSA) is 110 Å². The summed E-state index contributed by atoms with van der Waals surface area (Å²) >= 11 is 0. The maximum absolute atomic E-state index is 12.7. The molecule has 0 aliphatic rings. The molecule has 3 rings (SSSR count). The number of fused-ring (bicyclic) bond motifs is 2. The minimum atomic E-state index is -1.09. The largest absolute Gasteiger partial charge is 0.480 e. The highest BCUT2D eigenvalue weighted by atomic mass is 16.4. The van der Waals surface area contributed by atoms with Crippen LogP contribution in [0.15, 0.2) is 19.7 Å². The molecule has 1 atom stereocenters. The van der Waals surface area contributed by atoms with Crippen molar-refractivity contribution in [2.45, 2.75) is 60.4 Å². The number of hydrogen-bond donors (Lipinski definition) is 2. The van der Waals surface area contributed by atoms with Crippen LogP contribution in [0.4, 0.5) is 0 Å². The summed E-state index contributed by atoms with van der Waals surface area (Å²) in [4.78, 5) is 36.6. The van der Waals surface area contributed by atoms with Crippen molar-refractivity contribution in [1.82, 2.24) is 5.32 Å². The quantitative estimate of drug-likeness (QED) is 0.593. The van der Waals surface area contributed by atoms with Crippen LogP contribution in [0.25, 0.3) is 21.9 Å². The van der Waals surface area contributed by atoms with Crippen LogP contribution in [0.1, 0.15) is 48.3 Å². The first-order valence-corrected chi connectivity index (χ1v) is 9.99. The highest BCUT2D eigenvalue weighted by Crippen LogP contribution is 2.34. The number of benzene rings is 1. The summed E-state index contributed by atoms with van der Waals surface area (Å²) in [6.07, 6.45) is 0.0646. The van der Waals surface area contributed by atoms with E-state index in [1.807, 2.05) is 40.7 Å². The van der Waals surface area contributed by atoms with E-state index in [9.17, 15) is 19.5 Å². The summed E-state index contributed by atoms with van der Waals surface area (Å²) in [6, 6.07) is 0.922. The molecule has 0 bridgehead atoms. The van der Waals surface area contributed by atoms with Crippen LogP contribution in [0.5, 0.6) is 0 Å². The lowest BCUT2D eigenvalue weighted by Gasteiger charge is -2.17. The van der Waals surface area contributed by atoms with Crippen LogP contribution in [-0.2, 0) is 16.0 Å². The maximum Gasteiger partial charge on any atom is 0.340 e. The summed E-state index contributed by atoms with van der Waals surface area (Å²) in [6.45, 7) is 11.2. The molecule has 0 spiro atoms. The molecule has 1 aromatic carbocycles. The molecular formula is C23H27NO6. The molecule has 3 aromatic rings. The van der Waals surface area contributed by atoms with Gasteiger partial charge in [-0.05, 0) is 57.2 Å². The van der Waals surface area contributed by atoms with Crippen LogP contribution >= 0.6 is 0 Å². The summed E-state index contributed by atoms with van der Waals surface area (Å²) in [5, 5.41) is 13.5. The van der Waals surface area contributed by atoms with E-state index in [0.717, 1.165) is 27.7 Å². The average molecular weight is 413 g/mol. The Labute approximate surface area is 174 Å². The van der Waals surface area contributed by atoms with Crippen molar-refractivity contribution in [3.05, 3.63) is 44.5 Å². The number of aliphatic carboxylic acids is 1. The lowest BCUT2D eigenvalue weighted by atomic mass is 9.98. The predicted molar refractivity (Wildman–Crippen MR) is 114 cm³/mol. The fourth-order valence-electron chi connectivity index (χ4n) is 3.80. The molecule has 1 amide bonds. The Morgan fingerprint density at radius 2 is 1.60 bits per heavy atom. The van der Waals surface area contributed by atoms with Crippen molar-refractivity contribution >= 4 is 33.8 Å². The molecule has 7 nitrogen and oxygen atoms in total. The van der Waals surface area contributed by atoms with Gasteiger partial charge in [-0.2, -0.15) is 0 Å². The summed E-state index contributed by atoms with van der Waals surface area (Å²) in [5.74, 6) is -0.715. The number of rotatable bonds is 6. The van der Waals surface area contributed by atoms with Crippen LogP contribution in [0.2, 0.25) is 0 Å². The summed E-state index contributed by atoms with van der Waals surface area (Å²) in [7, 11) is 0. The second-order valence-electron chi connectivity index (χ2n) is 8.30. The average Bonchev–Trinajstić information content (AvgIpc) is 2.94. The van der Waals surface area contributed by atoms with Gasteiger partial charge in [-0.1, -0.05) is 13.8 Å². The maximum atomic E-state index is 12.7. The predicted octanol–water partition coefficient (Wildman–Crippen LogP) is 3.93. The van der Waals surface area contributed by atoms with E-state index in [-0.39, 0.29) is 17.9 Å². The number of carboxylic acid groups (broad SMARTS) is 1. The van der Waals surface area contributed by atoms with Crippen molar-refractivity contribution in [2.75, 3.05) is 0 Å². The minimum absolute atomic E-state index is 0.103. The summed E-state index contributed by atoms with van der Waals surface area (Å²) in [5.41, 5.74) is 3.14. The highest BCUT2D eigenvalue weighted by Gasteiger charge is 2.24. The normalized spacial score (nSPS) is 12.6. The first-order chi connectivity index (χ1) is 14.0. The van der Waals surface area contributed by atoms with E-state index in [0.29, 0.717) is 23.2 Å². The highest BCUT2D eigenvalue weighted by molar-refractivity contribution is 6.00. The van der Waals surface area contributed by atoms with Crippen molar-refractivity contribution in [2.24, 2.45) is 5.92 Å². The zero-order chi connectivity index (χ0) is 22.3. The van der Waals surface area contributed by atoms with Gasteiger partial charge >= 0.3 is 11.6 Å². The molecule has 0 aliphatic heterocycles. The second kappa shape index (κ2) is 7.97. The van der Waals surface area contributed by atoms with E-state index in [1.54, 1.807) is 6.92 Å². The first kappa shape index (κ1) is 21.6. The van der Waals surface area contributed by atoms with Crippen LogP contribution in [-0.4, -0.2) is 23.0 Å². The Morgan fingerprint density at radius 3 is 2.20 bits per heavy atom. The Kier molecular flexibility index (Phi) is 5.74. The Bertz CT molecular complexity index is 1210. The van der Waals surface area contributed by atoms with Gasteiger partial charge < -0.3 is 19.3 Å². The molecule has 2 heterocycles. The molecule has 2 aromatic heterocycles. The van der Waals surface area contributed by atoms with Gasteiger partial charge in [-0.3, -0.25) is 4.79 Å². The number of furan rings is 1. The van der Waals surface area contributed by atoms with E-state index in [2.05, 4.69) is 5.32 Å². The van der Waals surface area contributed by atoms with E-state index in [1.165, 1.54) is 0 Å². The fourth-order valence-corrected chi connectivity index (χ4v) is 3.80. The van der Waals surface area contributed by atoms with Crippen LogP contribution in [0.3, 0.4) is 0 Å². The molecule has 0 aliphatic carbocycles. The standard InChI is InChI=1S/C23H27NO6/c1-10(2)7-18(22(26)27)24-19(25)9-17-12(4)16-8-15-11(3)14(6)29-20(15)13(5)21(16)30-23(17)28/h8,10,18H,7,9H2,1-6H3,(H,24,25)(H,26,27)/t18-/m0/s1. The number of aryl methyl sites for hydroxylation is 4. The minimum Gasteiger partial charge on any atom is -0.480 e.